The molecule has 2 N–H and O–H groups in total. The summed E-state index contributed by atoms with van der Waals surface area (Å²) in [6.07, 6.45) is 1.37. The molecule has 1 aromatic heterocycles. The van der Waals surface area contributed by atoms with Crippen LogP contribution in [0, 0.1) is 0 Å². The minimum Gasteiger partial charge on any atom is -0.324 e. The average Bonchev–Trinajstić information content (AvgIpc) is 2.51. The first-order valence-electron chi connectivity index (χ1n) is 5.00. The molecule has 2 heterocycles. The normalized spacial score (nSPS) is 14.9. The van der Waals surface area contributed by atoms with Gasteiger partial charge in [-0.1, -0.05) is 0 Å². The zero-order valence-electron chi connectivity index (χ0n) is 9.10. The van der Waals surface area contributed by atoms with Crippen molar-refractivity contribution in [2.75, 3.05) is 0 Å². The summed E-state index contributed by atoms with van der Waals surface area (Å²) in [7, 11) is 0. The van der Waals surface area contributed by atoms with Crippen LogP contribution in [0.25, 0.3) is 0 Å². The summed E-state index contributed by atoms with van der Waals surface area (Å²) in [6.45, 7) is 3.70. The Morgan fingerprint density at radius 3 is 2.62 bits per heavy atom. The van der Waals surface area contributed by atoms with Crippen LogP contribution in [-0.4, -0.2) is 32.7 Å². The van der Waals surface area contributed by atoms with Gasteiger partial charge in [-0.2, -0.15) is 0 Å². The summed E-state index contributed by atoms with van der Waals surface area (Å²) >= 11 is 0. The van der Waals surface area contributed by atoms with Crippen molar-refractivity contribution in [3.8, 4) is 0 Å². The lowest BCUT2D eigenvalue weighted by Crippen LogP contribution is -2.36. The molecule has 1 aliphatic heterocycles. The van der Waals surface area contributed by atoms with E-state index in [9.17, 15) is 9.59 Å². The highest BCUT2D eigenvalue weighted by atomic mass is 16.2. The van der Waals surface area contributed by atoms with Gasteiger partial charge in [0.25, 0.3) is 11.8 Å². The third-order valence-electron chi connectivity index (χ3n) is 2.41. The fraction of sp³-hybridized carbons (Fsp3) is 0.400. The van der Waals surface area contributed by atoms with Crippen molar-refractivity contribution in [2.24, 2.45) is 5.73 Å². The zero-order valence-corrected chi connectivity index (χ0v) is 9.10. The number of imide groups is 1. The van der Waals surface area contributed by atoms with Crippen LogP contribution in [0.3, 0.4) is 0 Å². The minimum atomic E-state index is -0.368. The number of rotatable bonds is 2. The van der Waals surface area contributed by atoms with Crippen LogP contribution < -0.4 is 5.73 Å². The molecule has 16 heavy (non-hydrogen) atoms. The molecule has 0 bridgehead atoms. The molecular weight excluding hydrogens is 208 g/mol. The van der Waals surface area contributed by atoms with E-state index in [0.29, 0.717) is 5.82 Å². The smallest absolute Gasteiger partial charge is 0.280 e. The molecule has 0 radical (unpaired) electrons. The Hall–Kier alpha value is -1.82. The SMILES string of the molecule is CC(C)N1C(=O)c2cnc(CN)nc2C1=O. The van der Waals surface area contributed by atoms with Gasteiger partial charge in [0, 0.05) is 12.2 Å². The lowest BCUT2D eigenvalue weighted by atomic mass is 10.2. The zero-order chi connectivity index (χ0) is 11.9. The van der Waals surface area contributed by atoms with Crippen LogP contribution in [0.1, 0.15) is 40.5 Å². The lowest BCUT2D eigenvalue weighted by Gasteiger charge is -2.17. The van der Waals surface area contributed by atoms with Gasteiger partial charge in [0.15, 0.2) is 0 Å². The van der Waals surface area contributed by atoms with Gasteiger partial charge in [0.05, 0.1) is 12.1 Å². The number of carbonyl (C=O) groups excluding carboxylic acids is 2. The monoisotopic (exact) mass is 220 g/mol. The molecule has 0 spiro atoms. The predicted molar refractivity (Wildman–Crippen MR) is 55.6 cm³/mol. The molecule has 0 unspecified atom stereocenters. The maximum absolute atomic E-state index is 11.9. The lowest BCUT2D eigenvalue weighted by molar-refractivity contribution is 0.0607. The van der Waals surface area contributed by atoms with Crippen LogP contribution in [0.5, 0.6) is 0 Å². The third-order valence-corrected chi connectivity index (χ3v) is 2.41. The summed E-state index contributed by atoms with van der Waals surface area (Å²) in [5.41, 5.74) is 5.80. The summed E-state index contributed by atoms with van der Waals surface area (Å²) in [4.78, 5) is 32.8. The van der Waals surface area contributed by atoms with Crippen molar-refractivity contribution < 1.29 is 9.59 Å². The van der Waals surface area contributed by atoms with E-state index in [1.165, 1.54) is 11.1 Å². The predicted octanol–water partition coefficient (Wildman–Crippen LogP) is -0.0603. The van der Waals surface area contributed by atoms with Crippen LogP contribution >= 0.6 is 0 Å². The van der Waals surface area contributed by atoms with E-state index in [0.717, 1.165) is 0 Å². The van der Waals surface area contributed by atoms with E-state index in [4.69, 9.17) is 5.73 Å². The highest BCUT2D eigenvalue weighted by molar-refractivity contribution is 6.20. The highest BCUT2D eigenvalue weighted by Crippen LogP contribution is 2.22. The van der Waals surface area contributed by atoms with Crippen molar-refractivity contribution in [3.05, 3.63) is 23.3 Å². The minimum absolute atomic E-state index is 0.149. The number of hydrogen-bond donors (Lipinski definition) is 1. The van der Waals surface area contributed by atoms with Gasteiger partial charge in [-0.15, -0.1) is 0 Å². The van der Waals surface area contributed by atoms with Crippen LogP contribution in [0.4, 0.5) is 0 Å². The van der Waals surface area contributed by atoms with Gasteiger partial charge in [-0.05, 0) is 13.8 Å². The molecule has 0 aromatic carbocycles. The van der Waals surface area contributed by atoms with Crippen molar-refractivity contribution >= 4 is 11.8 Å². The molecule has 0 aliphatic carbocycles. The first kappa shape index (κ1) is 10.7. The molecule has 2 rings (SSSR count). The van der Waals surface area contributed by atoms with E-state index < -0.39 is 0 Å². The summed E-state index contributed by atoms with van der Waals surface area (Å²) < 4.78 is 0. The molecule has 84 valence electrons. The molecular formula is C10H12N4O2. The summed E-state index contributed by atoms with van der Waals surface area (Å²) in [5, 5.41) is 0. The number of carbonyl (C=O) groups is 2. The molecule has 6 nitrogen and oxygen atoms in total. The summed E-state index contributed by atoms with van der Waals surface area (Å²) in [6, 6.07) is -0.185. The van der Waals surface area contributed by atoms with Crippen molar-refractivity contribution in [2.45, 2.75) is 26.4 Å². The van der Waals surface area contributed by atoms with E-state index >= 15 is 0 Å². The second-order valence-electron chi connectivity index (χ2n) is 3.83. The van der Waals surface area contributed by atoms with E-state index in [1.54, 1.807) is 13.8 Å². The molecule has 6 heteroatoms. The van der Waals surface area contributed by atoms with Gasteiger partial charge < -0.3 is 5.73 Å². The Morgan fingerprint density at radius 1 is 1.38 bits per heavy atom. The summed E-state index contributed by atoms with van der Waals surface area (Å²) in [5.74, 6) is -0.337. The van der Waals surface area contributed by atoms with Crippen molar-refractivity contribution in [1.29, 1.82) is 0 Å². The number of aromatic nitrogens is 2. The Kier molecular flexibility index (Phi) is 2.43. The van der Waals surface area contributed by atoms with Gasteiger partial charge in [-0.25, -0.2) is 9.97 Å². The van der Waals surface area contributed by atoms with Gasteiger partial charge in [0.1, 0.15) is 11.5 Å². The second-order valence-corrected chi connectivity index (χ2v) is 3.83. The average molecular weight is 220 g/mol. The Morgan fingerprint density at radius 2 is 2.06 bits per heavy atom. The number of hydrogen-bond acceptors (Lipinski definition) is 5. The quantitative estimate of drug-likeness (QED) is 0.705. The molecule has 1 aliphatic rings. The van der Waals surface area contributed by atoms with E-state index in [-0.39, 0.29) is 35.7 Å². The molecule has 1 aromatic rings. The topological polar surface area (TPSA) is 89.2 Å². The van der Waals surface area contributed by atoms with Gasteiger partial charge in [0.2, 0.25) is 0 Å². The maximum atomic E-state index is 11.9. The standard InChI is InChI=1S/C10H12N4O2/c1-5(2)14-9(15)6-4-12-7(3-11)13-8(6)10(14)16/h4-5H,3,11H2,1-2H3. The Labute approximate surface area is 92.5 Å². The Bertz CT molecular complexity index is 470. The van der Waals surface area contributed by atoms with Gasteiger partial charge in [-0.3, -0.25) is 14.5 Å². The van der Waals surface area contributed by atoms with Crippen LogP contribution in [0.15, 0.2) is 6.20 Å². The fourth-order valence-electron chi connectivity index (χ4n) is 1.64. The van der Waals surface area contributed by atoms with Crippen molar-refractivity contribution in [1.82, 2.24) is 14.9 Å². The second kappa shape index (κ2) is 3.64. The fourth-order valence-corrected chi connectivity index (χ4v) is 1.64. The highest BCUT2D eigenvalue weighted by Gasteiger charge is 2.38. The third kappa shape index (κ3) is 1.38. The number of nitrogens with two attached hydrogens (primary N) is 1. The number of nitrogens with zero attached hydrogens (tertiary/aromatic N) is 3. The van der Waals surface area contributed by atoms with Crippen LogP contribution in [-0.2, 0) is 6.54 Å². The Balaban J connectivity index is 2.51. The molecule has 0 atom stereocenters. The number of fused-ring (bicyclic) bond motifs is 1. The largest absolute Gasteiger partial charge is 0.324 e. The molecule has 2 amide bonds. The van der Waals surface area contributed by atoms with Gasteiger partial charge >= 0.3 is 0 Å². The molecule has 0 saturated heterocycles. The van der Waals surface area contributed by atoms with Crippen LogP contribution in [0.2, 0.25) is 0 Å². The van der Waals surface area contributed by atoms with E-state index in [2.05, 4.69) is 9.97 Å². The maximum Gasteiger partial charge on any atom is 0.280 e. The first-order valence-corrected chi connectivity index (χ1v) is 5.00. The molecule has 0 fully saturated rings. The van der Waals surface area contributed by atoms with Crippen molar-refractivity contribution in [3.63, 3.8) is 0 Å². The first-order chi connectivity index (χ1) is 7.56. The van der Waals surface area contributed by atoms with E-state index in [1.807, 2.05) is 0 Å². The number of amides is 2. The molecule has 0 saturated carbocycles.